The van der Waals surface area contributed by atoms with Gasteiger partial charge in [-0.15, -0.1) is 0 Å². The van der Waals surface area contributed by atoms with Crippen molar-refractivity contribution in [2.75, 3.05) is 0 Å². The van der Waals surface area contributed by atoms with Crippen LogP contribution in [-0.4, -0.2) is 29.6 Å². The fourth-order valence-electron chi connectivity index (χ4n) is 3.51. The molecule has 2 heterocycles. The monoisotopic (exact) mass is 332 g/mol. The van der Waals surface area contributed by atoms with Gasteiger partial charge in [0.15, 0.2) is 17.2 Å². The molecule has 4 nitrogen and oxygen atoms in total. The fourth-order valence-corrected chi connectivity index (χ4v) is 3.51. The second-order valence-electron chi connectivity index (χ2n) is 6.44. The summed E-state index contributed by atoms with van der Waals surface area (Å²) in [7, 11) is 0. The van der Waals surface area contributed by atoms with Gasteiger partial charge in [0.05, 0.1) is 6.10 Å². The molecule has 1 saturated heterocycles. The van der Waals surface area contributed by atoms with Crippen LogP contribution in [0.1, 0.15) is 32.7 Å². The number of hydrogen-bond donors (Lipinski definition) is 0. The highest BCUT2D eigenvalue weighted by atomic mass is 16.5. The molecule has 2 bridgehead atoms. The SMILES string of the molecule is O=CC1CC2(C(=O)c3ccc(C(=O)c4ccccc4)cc3)C=CC1O2. The molecule has 1 fully saturated rings. The molecule has 124 valence electrons. The first-order valence-corrected chi connectivity index (χ1v) is 8.20. The van der Waals surface area contributed by atoms with Crippen LogP contribution in [-0.2, 0) is 9.53 Å². The van der Waals surface area contributed by atoms with Crippen molar-refractivity contribution in [3.63, 3.8) is 0 Å². The van der Waals surface area contributed by atoms with Gasteiger partial charge in [-0.2, -0.15) is 0 Å². The minimum atomic E-state index is -1.04. The molecule has 4 rings (SSSR count). The fraction of sp³-hybridized carbons (Fsp3) is 0.190. The number of fused-ring (bicyclic) bond motifs is 2. The Hall–Kier alpha value is -2.85. The molecule has 0 aliphatic carbocycles. The lowest BCUT2D eigenvalue weighted by Gasteiger charge is -2.21. The van der Waals surface area contributed by atoms with Crippen LogP contribution < -0.4 is 0 Å². The van der Waals surface area contributed by atoms with Crippen LogP contribution in [0.4, 0.5) is 0 Å². The largest absolute Gasteiger partial charge is 0.355 e. The Morgan fingerprint density at radius 3 is 2.24 bits per heavy atom. The Balaban J connectivity index is 1.57. The first-order chi connectivity index (χ1) is 12.1. The molecule has 0 amide bonds. The van der Waals surface area contributed by atoms with Crippen LogP contribution >= 0.6 is 0 Å². The number of benzene rings is 2. The van der Waals surface area contributed by atoms with Crippen LogP contribution in [0.3, 0.4) is 0 Å². The van der Waals surface area contributed by atoms with Gasteiger partial charge in [0, 0.05) is 22.6 Å². The third-order valence-corrected chi connectivity index (χ3v) is 4.87. The minimum absolute atomic E-state index is 0.0864. The van der Waals surface area contributed by atoms with Gasteiger partial charge in [-0.05, 0) is 12.5 Å². The summed E-state index contributed by atoms with van der Waals surface area (Å²) in [6.07, 6.45) is 4.46. The molecule has 2 aliphatic rings. The predicted octanol–water partition coefficient (Wildman–Crippen LogP) is 3.01. The van der Waals surface area contributed by atoms with Gasteiger partial charge in [0.25, 0.3) is 0 Å². The number of hydrogen-bond acceptors (Lipinski definition) is 4. The summed E-state index contributed by atoms with van der Waals surface area (Å²) in [4.78, 5) is 36.4. The van der Waals surface area contributed by atoms with E-state index in [-0.39, 0.29) is 23.6 Å². The number of Topliss-reactive ketones (excluding diaryl/α,β-unsaturated/α-hetero) is 1. The van der Waals surface area contributed by atoms with Gasteiger partial charge in [-0.25, -0.2) is 0 Å². The molecular formula is C21H16O4. The second-order valence-corrected chi connectivity index (χ2v) is 6.44. The van der Waals surface area contributed by atoms with E-state index in [1.807, 2.05) is 18.2 Å². The number of rotatable bonds is 5. The van der Waals surface area contributed by atoms with Gasteiger partial charge in [0.1, 0.15) is 6.29 Å². The highest BCUT2D eigenvalue weighted by molar-refractivity contribution is 6.10. The molecule has 0 radical (unpaired) electrons. The van der Waals surface area contributed by atoms with Gasteiger partial charge in [0.2, 0.25) is 0 Å². The predicted molar refractivity (Wildman–Crippen MR) is 91.6 cm³/mol. The van der Waals surface area contributed by atoms with E-state index >= 15 is 0 Å². The Kier molecular flexibility index (Phi) is 3.70. The Bertz CT molecular complexity index is 867. The van der Waals surface area contributed by atoms with E-state index in [0.29, 0.717) is 23.1 Å². The van der Waals surface area contributed by atoms with Crippen LogP contribution in [0.25, 0.3) is 0 Å². The van der Waals surface area contributed by atoms with Gasteiger partial charge in [-0.3, -0.25) is 9.59 Å². The van der Waals surface area contributed by atoms with E-state index in [2.05, 4.69) is 0 Å². The standard InChI is InChI=1S/C21H16O4/c22-13-17-12-21(11-10-18(17)25-21)20(24)16-8-6-15(7-9-16)19(23)14-4-2-1-3-5-14/h1-11,13,17-18H,12H2. The molecule has 25 heavy (non-hydrogen) atoms. The maximum atomic E-state index is 12.9. The maximum Gasteiger partial charge on any atom is 0.198 e. The molecule has 0 N–H and O–H groups in total. The molecule has 0 spiro atoms. The van der Waals surface area contributed by atoms with E-state index in [9.17, 15) is 14.4 Å². The zero-order valence-electron chi connectivity index (χ0n) is 13.4. The van der Waals surface area contributed by atoms with E-state index in [4.69, 9.17) is 4.74 Å². The average molecular weight is 332 g/mol. The average Bonchev–Trinajstić information content (AvgIpc) is 3.27. The summed E-state index contributed by atoms with van der Waals surface area (Å²) >= 11 is 0. The van der Waals surface area contributed by atoms with Crippen molar-refractivity contribution in [3.8, 4) is 0 Å². The molecule has 0 aromatic heterocycles. The molecule has 2 aromatic carbocycles. The Morgan fingerprint density at radius 2 is 1.60 bits per heavy atom. The molecule has 2 aliphatic heterocycles. The zero-order valence-corrected chi connectivity index (χ0v) is 13.4. The summed E-state index contributed by atoms with van der Waals surface area (Å²) < 4.78 is 5.77. The maximum absolute atomic E-state index is 12.9. The third-order valence-electron chi connectivity index (χ3n) is 4.87. The molecule has 4 heteroatoms. The highest BCUT2D eigenvalue weighted by Crippen LogP contribution is 2.43. The summed E-state index contributed by atoms with van der Waals surface area (Å²) in [6.45, 7) is 0. The number of carbonyl (C=O) groups is 3. The Morgan fingerprint density at radius 1 is 0.960 bits per heavy atom. The van der Waals surface area contributed by atoms with E-state index < -0.39 is 5.60 Å². The number of aldehydes is 1. The van der Waals surface area contributed by atoms with Gasteiger partial charge < -0.3 is 9.53 Å². The Labute approximate surface area is 145 Å². The van der Waals surface area contributed by atoms with E-state index in [1.54, 1.807) is 48.6 Å². The molecule has 3 atom stereocenters. The lowest BCUT2D eigenvalue weighted by molar-refractivity contribution is -0.111. The topological polar surface area (TPSA) is 60.4 Å². The molecular weight excluding hydrogens is 316 g/mol. The summed E-state index contributed by atoms with van der Waals surface area (Å²) in [5.74, 6) is -0.529. The van der Waals surface area contributed by atoms with Crippen molar-refractivity contribution in [2.45, 2.75) is 18.1 Å². The van der Waals surface area contributed by atoms with Crippen molar-refractivity contribution < 1.29 is 19.1 Å². The summed E-state index contributed by atoms with van der Waals surface area (Å²) in [5.41, 5.74) is 0.565. The second kappa shape index (κ2) is 5.90. The van der Waals surface area contributed by atoms with Crippen LogP contribution in [0.15, 0.2) is 66.7 Å². The molecule has 0 saturated carbocycles. The van der Waals surface area contributed by atoms with Crippen molar-refractivity contribution in [1.29, 1.82) is 0 Å². The van der Waals surface area contributed by atoms with Crippen LogP contribution in [0.5, 0.6) is 0 Å². The van der Waals surface area contributed by atoms with Crippen molar-refractivity contribution >= 4 is 17.9 Å². The first kappa shape index (κ1) is 15.7. The zero-order chi connectivity index (χ0) is 17.4. The highest BCUT2D eigenvalue weighted by Gasteiger charge is 2.53. The van der Waals surface area contributed by atoms with Crippen molar-refractivity contribution in [1.82, 2.24) is 0 Å². The minimum Gasteiger partial charge on any atom is -0.355 e. The molecule has 2 aromatic rings. The quantitative estimate of drug-likeness (QED) is 0.480. The van der Waals surface area contributed by atoms with E-state index in [0.717, 1.165) is 6.29 Å². The number of ketones is 2. The smallest absolute Gasteiger partial charge is 0.198 e. The number of carbonyl (C=O) groups excluding carboxylic acids is 3. The van der Waals surface area contributed by atoms with Crippen LogP contribution in [0, 0.1) is 5.92 Å². The van der Waals surface area contributed by atoms with Crippen LogP contribution in [0.2, 0.25) is 0 Å². The molecule has 3 unspecified atom stereocenters. The van der Waals surface area contributed by atoms with Crippen molar-refractivity contribution in [2.24, 2.45) is 5.92 Å². The lowest BCUT2D eigenvalue weighted by Crippen LogP contribution is -2.35. The van der Waals surface area contributed by atoms with Gasteiger partial charge >= 0.3 is 0 Å². The lowest BCUT2D eigenvalue weighted by atomic mass is 9.82. The summed E-state index contributed by atoms with van der Waals surface area (Å²) in [5, 5.41) is 0. The van der Waals surface area contributed by atoms with Crippen molar-refractivity contribution in [3.05, 3.63) is 83.4 Å². The normalized spacial score (nSPS) is 26.6. The third kappa shape index (κ3) is 2.55. The first-order valence-electron chi connectivity index (χ1n) is 8.20. The van der Waals surface area contributed by atoms with Gasteiger partial charge in [-0.1, -0.05) is 60.7 Å². The number of ether oxygens (including phenoxy) is 1. The summed E-state index contributed by atoms with van der Waals surface area (Å²) in [6, 6.07) is 15.6. The van der Waals surface area contributed by atoms with E-state index in [1.165, 1.54) is 0 Å².